The van der Waals surface area contributed by atoms with Crippen LogP contribution in [0.1, 0.15) is 64.2 Å². The van der Waals surface area contributed by atoms with Gasteiger partial charge in [-0.1, -0.05) is 0 Å². The number of fused-ring (bicyclic) bond motifs is 4. The van der Waals surface area contributed by atoms with Gasteiger partial charge in [-0.25, -0.2) is 9.13 Å². The number of hydrogen-bond acceptors (Lipinski definition) is 3. The molecule has 9 heteroatoms. The maximum absolute atomic E-state index is 13.0. The molecule has 4 rings (SSSR count). The van der Waals surface area contributed by atoms with Crippen LogP contribution < -0.4 is 0 Å². The predicted molar refractivity (Wildman–Crippen MR) is 83.4 cm³/mol. The maximum Gasteiger partial charge on any atom is 0.416 e. The first kappa shape index (κ1) is 16.7. The fraction of sp³-hybridized carbons (Fsp3) is 1.00. The molecule has 0 aliphatic heterocycles. The van der Waals surface area contributed by atoms with Gasteiger partial charge in [-0.15, -0.1) is 4.44 Å². The second kappa shape index (κ2) is 5.14. The largest absolute Gasteiger partial charge is 0.416 e. The van der Waals surface area contributed by atoms with E-state index in [9.17, 15) is 23.8 Å². The van der Waals surface area contributed by atoms with Crippen LogP contribution >= 0.6 is 15.5 Å². The second-order valence-corrected chi connectivity index (χ2v) is 11.4. The molecule has 0 radical (unpaired) electrons. The van der Waals surface area contributed by atoms with E-state index in [1.807, 2.05) is 0 Å². The quantitative estimate of drug-likeness (QED) is 0.642. The van der Waals surface area contributed by atoms with Gasteiger partial charge in [0.25, 0.3) is 0 Å². The first-order valence-corrected chi connectivity index (χ1v) is 11.6. The molecule has 3 N–H and O–H groups in total. The van der Waals surface area contributed by atoms with Crippen LogP contribution in [-0.2, 0) is 13.7 Å². The molecule has 7 nitrogen and oxygen atoms in total. The van der Waals surface area contributed by atoms with Gasteiger partial charge in [-0.3, -0.25) is 4.52 Å². The molecule has 1 unspecified atom stereocenters. The van der Waals surface area contributed by atoms with Gasteiger partial charge < -0.3 is 14.7 Å². The lowest BCUT2D eigenvalue weighted by Gasteiger charge is -2.42. The van der Waals surface area contributed by atoms with E-state index in [0.717, 1.165) is 32.1 Å². The maximum atomic E-state index is 13.0. The van der Waals surface area contributed by atoms with Crippen LogP contribution in [-0.4, -0.2) is 30.3 Å². The third kappa shape index (κ3) is 2.69. The normalized spacial score (nSPS) is 45.0. The Morgan fingerprint density at radius 1 is 0.870 bits per heavy atom. The fourth-order valence-corrected chi connectivity index (χ4v) is 9.47. The average molecular weight is 365 g/mol. The lowest BCUT2D eigenvalue weighted by atomic mass is 9.95. The molecular formula is C14H25NO6P2. The van der Waals surface area contributed by atoms with Gasteiger partial charge in [0.2, 0.25) is 0 Å². The van der Waals surface area contributed by atoms with E-state index in [4.69, 9.17) is 4.52 Å². The lowest BCUT2D eigenvalue weighted by Crippen LogP contribution is -2.43. The summed E-state index contributed by atoms with van der Waals surface area (Å²) in [5.41, 5.74) is -1.53. The summed E-state index contributed by atoms with van der Waals surface area (Å²) in [6.45, 7) is 0. The van der Waals surface area contributed by atoms with E-state index in [2.05, 4.69) is 0 Å². The number of hydrogen-bond donors (Lipinski definition) is 3. The van der Waals surface area contributed by atoms with Crippen molar-refractivity contribution in [1.82, 2.24) is 4.44 Å². The molecule has 4 bridgehead atoms. The zero-order valence-corrected chi connectivity index (χ0v) is 14.9. The van der Waals surface area contributed by atoms with Crippen molar-refractivity contribution in [3.8, 4) is 0 Å². The van der Waals surface area contributed by atoms with Crippen molar-refractivity contribution in [2.45, 2.75) is 75.3 Å². The molecule has 0 amide bonds. The molecule has 132 valence electrons. The highest BCUT2D eigenvalue weighted by Gasteiger charge is 2.62. The summed E-state index contributed by atoms with van der Waals surface area (Å²) in [6.07, 6.45) is 7.56. The Hall–Kier alpha value is 0.260. The molecule has 0 heterocycles. The van der Waals surface area contributed by atoms with Crippen LogP contribution in [0.2, 0.25) is 0 Å². The second-order valence-electron chi connectivity index (χ2n) is 8.09. The van der Waals surface area contributed by atoms with E-state index >= 15 is 0 Å². The molecule has 4 saturated carbocycles. The Morgan fingerprint density at radius 2 is 1.39 bits per heavy atom. The van der Waals surface area contributed by atoms with Crippen molar-refractivity contribution >= 4 is 15.5 Å². The minimum absolute atomic E-state index is 0.407. The van der Waals surface area contributed by atoms with Gasteiger partial charge in [-0.05, 0) is 76.0 Å². The molecule has 23 heavy (non-hydrogen) atoms. The summed E-state index contributed by atoms with van der Waals surface area (Å²) in [7, 11) is -9.45. The van der Waals surface area contributed by atoms with Gasteiger partial charge in [0, 0.05) is 5.54 Å². The van der Waals surface area contributed by atoms with Gasteiger partial charge >= 0.3 is 15.5 Å². The predicted octanol–water partition coefficient (Wildman–Crippen LogP) is 3.16. The van der Waals surface area contributed by atoms with Crippen molar-refractivity contribution in [3.05, 3.63) is 0 Å². The molecule has 4 aliphatic carbocycles. The van der Waals surface area contributed by atoms with E-state index < -0.39 is 26.6 Å². The van der Waals surface area contributed by atoms with Crippen molar-refractivity contribution in [2.75, 3.05) is 0 Å². The first-order chi connectivity index (χ1) is 10.6. The third-order valence-electron chi connectivity index (χ3n) is 6.60. The Balaban J connectivity index is 1.66. The van der Waals surface area contributed by atoms with E-state index in [0.29, 0.717) is 48.4 Å². The van der Waals surface area contributed by atoms with Crippen LogP contribution in [0.15, 0.2) is 0 Å². The van der Waals surface area contributed by atoms with Gasteiger partial charge in [0.15, 0.2) is 0 Å². The van der Waals surface area contributed by atoms with Crippen LogP contribution in [0.25, 0.3) is 0 Å². The monoisotopic (exact) mass is 365 g/mol. The fourth-order valence-electron chi connectivity index (χ4n) is 5.69. The van der Waals surface area contributed by atoms with Crippen LogP contribution in [0.3, 0.4) is 0 Å². The van der Waals surface area contributed by atoms with Crippen LogP contribution in [0.4, 0.5) is 0 Å². The summed E-state index contributed by atoms with van der Waals surface area (Å²) in [5.74, 6) is 0.934. The van der Waals surface area contributed by atoms with Crippen molar-refractivity contribution < 1.29 is 28.3 Å². The summed E-state index contributed by atoms with van der Waals surface area (Å²) in [6, 6.07) is 0. The molecule has 0 aromatic carbocycles. The summed E-state index contributed by atoms with van der Waals surface area (Å²) < 4.78 is 31.4. The Bertz CT molecular complexity index is 588. The molecule has 4 aliphatic rings. The Morgan fingerprint density at radius 3 is 1.78 bits per heavy atom. The third-order valence-corrected chi connectivity index (χ3v) is 10.4. The van der Waals surface area contributed by atoms with Crippen molar-refractivity contribution in [1.29, 1.82) is 0 Å². The van der Waals surface area contributed by atoms with E-state index in [1.54, 1.807) is 0 Å². The van der Waals surface area contributed by atoms with Crippen LogP contribution in [0.5, 0.6) is 0 Å². The zero-order chi connectivity index (χ0) is 16.5. The highest BCUT2D eigenvalue weighted by Crippen LogP contribution is 2.72. The number of rotatable bonds is 5. The van der Waals surface area contributed by atoms with E-state index in [1.165, 1.54) is 0 Å². The zero-order valence-electron chi connectivity index (χ0n) is 13.1. The lowest BCUT2D eigenvalue weighted by molar-refractivity contribution is 0.0417. The molecule has 0 saturated heterocycles. The number of nitrogens with zero attached hydrogens (tertiary/aromatic N) is 1. The average Bonchev–Trinajstić information content (AvgIpc) is 3.13. The molecule has 4 fully saturated rings. The van der Waals surface area contributed by atoms with Gasteiger partial charge in [0.05, 0.1) is 5.60 Å². The summed E-state index contributed by atoms with van der Waals surface area (Å²) in [4.78, 5) is 30.3. The molecule has 1 atom stereocenters. The smallest absolute Gasteiger partial charge is 0.312 e. The highest BCUT2D eigenvalue weighted by atomic mass is 31.3. The molecule has 0 aromatic rings. The first-order valence-electron chi connectivity index (χ1n) is 8.55. The minimum atomic E-state index is -4.89. The summed E-state index contributed by atoms with van der Waals surface area (Å²) in [5, 5.41) is 0. The summed E-state index contributed by atoms with van der Waals surface area (Å²) >= 11 is 0. The van der Waals surface area contributed by atoms with Crippen molar-refractivity contribution in [3.63, 3.8) is 0 Å². The highest BCUT2D eigenvalue weighted by molar-refractivity contribution is 7.65. The van der Waals surface area contributed by atoms with Gasteiger partial charge in [-0.2, -0.15) is 0 Å². The Kier molecular flexibility index (Phi) is 3.73. The SMILES string of the molecule is O=P(O)(O)N(C12CCC(CC1)C2)P(=O)(O)OC12CCC(CC1)C2. The Labute approximate surface area is 136 Å². The molecular weight excluding hydrogens is 340 g/mol. The van der Waals surface area contributed by atoms with Crippen molar-refractivity contribution in [2.24, 2.45) is 11.8 Å². The minimum Gasteiger partial charge on any atom is -0.312 e. The topological polar surface area (TPSA) is 107 Å². The van der Waals surface area contributed by atoms with Crippen LogP contribution in [0, 0.1) is 11.8 Å². The van der Waals surface area contributed by atoms with Gasteiger partial charge in [0.1, 0.15) is 0 Å². The molecule has 0 aromatic heterocycles. The van der Waals surface area contributed by atoms with E-state index in [-0.39, 0.29) is 0 Å². The standard InChI is InChI=1S/C14H25NO6P2/c16-22(17,18)15(13-5-1-11(9-13)2-6-13)23(19,20)21-14-7-3-12(10-14)4-8-14/h11-12H,1-10H2,(H,19,20)(H2,16,17,18). The molecule has 0 spiro atoms.